The normalized spacial score (nSPS) is 11.0. The van der Waals surface area contributed by atoms with Crippen molar-refractivity contribution in [3.8, 4) is 6.07 Å². The van der Waals surface area contributed by atoms with Gasteiger partial charge in [0.15, 0.2) is 0 Å². The van der Waals surface area contributed by atoms with Gasteiger partial charge in [-0.25, -0.2) is 0 Å². The van der Waals surface area contributed by atoms with Crippen LogP contribution in [0.4, 0.5) is 0 Å². The van der Waals surface area contributed by atoms with Gasteiger partial charge in [0.05, 0.1) is 6.07 Å². The maximum absolute atomic E-state index is 12.0. The summed E-state index contributed by atoms with van der Waals surface area (Å²) in [6, 6.07) is 2.12. The van der Waals surface area contributed by atoms with E-state index in [1.807, 2.05) is 25.5 Å². The first kappa shape index (κ1) is 14.2. The number of hydrogen-bond donors (Lipinski definition) is 1. The summed E-state index contributed by atoms with van der Waals surface area (Å²) in [5, 5.41) is 19.6. The lowest BCUT2D eigenvalue weighted by Crippen LogP contribution is -2.40. The van der Waals surface area contributed by atoms with Gasteiger partial charge in [-0.15, -0.1) is 10.2 Å². The van der Waals surface area contributed by atoms with Crippen molar-refractivity contribution >= 4 is 5.91 Å². The number of aryl methyl sites for hydroxylation is 1. The van der Waals surface area contributed by atoms with Gasteiger partial charge in [-0.1, -0.05) is 13.8 Å². The molecule has 0 saturated carbocycles. The molecular formula is C12H19N5O. The Morgan fingerprint density at radius 3 is 2.67 bits per heavy atom. The third-order valence-electron chi connectivity index (χ3n) is 3.30. The molecule has 0 bridgehead atoms. The van der Waals surface area contributed by atoms with Crippen molar-refractivity contribution < 1.29 is 4.79 Å². The Balaban J connectivity index is 2.51. The number of rotatable bonds is 6. The molecule has 0 fully saturated rings. The molecule has 1 rings (SSSR count). The van der Waals surface area contributed by atoms with E-state index in [-0.39, 0.29) is 5.91 Å². The summed E-state index contributed by atoms with van der Waals surface area (Å²) in [6.45, 7) is 4.18. The highest BCUT2D eigenvalue weighted by atomic mass is 16.2. The highest BCUT2D eigenvalue weighted by Gasteiger charge is 2.34. The fraction of sp³-hybridized carbons (Fsp3) is 0.667. The molecule has 0 spiro atoms. The Kier molecular flexibility index (Phi) is 4.84. The zero-order valence-electron chi connectivity index (χ0n) is 11.1. The monoisotopic (exact) mass is 249 g/mol. The van der Waals surface area contributed by atoms with Gasteiger partial charge in [0.2, 0.25) is 5.91 Å². The molecule has 18 heavy (non-hydrogen) atoms. The number of carbonyl (C=O) groups excluding carboxylic acids is 1. The predicted octanol–water partition coefficient (Wildman–Crippen LogP) is 0.804. The van der Waals surface area contributed by atoms with Crippen LogP contribution in [-0.4, -0.2) is 27.2 Å². The lowest BCUT2D eigenvalue weighted by molar-refractivity contribution is -0.128. The summed E-state index contributed by atoms with van der Waals surface area (Å²) in [4.78, 5) is 12.0. The van der Waals surface area contributed by atoms with Crippen LogP contribution in [0.5, 0.6) is 0 Å². The SMILES string of the molecule is CCC(C#N)(CC)C(=O)NCCc1nncn1C. The molecule has 0 aliphatic rings. The maximum Gasteiger partial charge on any atom is 0.240 e. The topological polar surface area (TPSA) is 83.6 Å². The van der Waals surface area contributed by atoms with Crippen LogP contribution in [-0.2, 0) is 18.3 Å². The van der Waals surface area contributed by atoms with Crippen molar-refractivity contribution in [2.24, 2.45) is 12.5 Å². The van der Waals surface area contributed by atoms with E-state index in [1.165, 1.54) is 0 Å². The minimum absolute atomic E-state index is 0.197. The smallest absolute Gasteiger partial charge is 0.240 e. The average molecular weight is 249 g/mol. The fourth-order valence-corrected chi connectivity index (χ4v) is 1.77. The van der Waals surface area contributed by atoms with E-state index in [0.717, 1.165) is 5.82 Å². The minimum Gasteiger partial charge on any atom is -0.354 e. The summed E-state index contributed by atoms with van der Waals surface area (Å²) in [5.41, 5.74) is -0.903. The van der Waals surface area contributed by atoms with Crippen LogP contribution >= 0.6 is 0 Å². The van der Waals surface area contributed by atoms with Gasteiger partial charge in [-0.3, -0.25) is 4.79 Å². The molecule has 1 heterocycles. The molecule has 0 atom stereocenters. The lowest BCUT2D eigenvalue weighted by Gasteiger charge is -2.21. The van der Waals surface area contributed by atoms with Gasteiger partial charge in [0, 0.05) is 20.0 Å². The highest BCUT2D eigenvalue weighted by Crippen LogP contribution is 2.25. The number of amides is 1. The molecule has 6 heteroatoms. The van der Waals surface area contributed by atoms with Gasteiger partial charge in [0.1, 0.15) is 17.6 Å². The summed E-state index contributed by atoms with van der Waals surface area (Å²) in [5.74, 6) is 0.614. The largest absolute Gasteiger partial charge is 0.354 e. The fourth-order valence-electron chi connectivity index (χ4n) is 1.77. The zero-order chi connectivity index (χ0) is 13.6. The van der Waals surface area contributed by atoms with Crippen molar-refractivity contribution in [2.75, 3.05) is 6.54 Å². The number of hydrogen-bond acceptors (Lipinski definition) is 4. The molecule has 0 aliphatic heterocycles. The van der Waals surface area contributed by atoms with Gasteiger partial charge in [-0.2, -0.15) is 5.26 Å². The second-order valence-electron chi connectivity index (χ2n) is 4.26. The van der Waals surface area contributed by atoms with Crippen LogP contribution < -0.4 is 5.32 Å². The molecule has 0 aromatic carbocycles. The van der Waals surface area contributed by atoms with Crippen LogP contribution in [0.25, 0.3) is 0 Å². The van der Waals surface area contributed by atoms with Gasteiger partial charge < -0.3 is 9.88 Å². The third-order valence-corrected chi connectivity index (χ3v) is 3.30. The number of nitriles is 1. The van der Waals surface area contributed by atoms with E-state index in [9.17, 15) is 4.79 Å². The van der Waals surface area contributed by atoms with Crippen molar-refractivity contribution in [1.29, 1.82) is 5.26 Å². The summed E-state index contributed by atoms with van der Waals surface area (Å²) in [6.07, 6.45) is 3.28. The quantitative estimate of drug-likeness (QED) is 0.808. The number of aromatic nitrogens is 3. The molecular weight excluding hydrogens is 230 g/mol. The molecule has 0 unspecified atom stereocenters. The zero-order valence-corrected chi connectivity index (χ0v) is 11.1. The second-order valence-corrected chi connectivity index (χ2v) is 4.26. The van der Waals surface area contributed by atoms with Crippen LogP contribution in [0.2, 0.25) is 0 Å². The second kappa shape index (κ2) is 6.15. The number of carbonyl (C=O) groups is 1. The number of nitrogens with one attached hydrogen (secondary N) is 1. The first-order valence-electron chi connectivity index (χ1n) is 6.12. The predicted molar refractivity (Wildman–Crippen MR) is 66.3 cm³/mol. The van der Waals surface area contributed by atoms with Crippen molar-refractivity contribution in [2.45, 2.75) is 33.1 Å². The Morgan fingerprint density at radius 1 is 1.56 bits per heavy atom. The molecule has 6 nitrogen and oxygen atoms in total. The lowest BCUT2D eigenvalue weighted by atomic mass is 9.83. The Morgan fingerprint density at radius 2 is 2.22 bits per heavy atom. The van der Waals surface area contributed by atoms with Gasteiger partial charge >= 0.3 is 0 Å². The van der Waals surface area contributed by atoms with Gasteiger partial charge in [-0.05, 0) is 12.8 Å². The molecule has 0 saturated heterocycles. The van der Waals surface area contributed by atoms with Crippen LogP contribution in [0.1, 0.15) is 32.5 Å². The van der Waals surface area contributed by atoms with Crippen LogP contribution in [0.15, 0.2) is 6.33 Å². The van der Waals surface area contributed by atoms with E-state index in [0.29, 0.717) is 25.8 Å². The van der Waals surface area contributed by atoms with E-state index in [1.54, 1.807) is 6.33 Å². The summed E-state index contributed by atoms with van der Waals surface area (Å²) >= 11 is 0. The van der Waals surface area contributed by atoms with E-state index < -0.39 is 5.41 Å². The molecule has 1 N–H and O–H groups in total. The minimum atomic E-state index is -0.903. The summed E-state index contributed by atoms with van der Waals surface area (Å²) < 4.78 is 1.81. The van der Waals surface area contributed by atoms with E-state index >= 15 is 0 Å². The van der Waals surface area contributed by atoms with E-state index in [4.69, 9.17) is 5.26 Å². The molecule has 0 aliphatic carbocycles. The average Bonchev–Trinajstić information content (AvgIpc) is 2.78. The van der Waals surface area contributed by atoms with Crippen molar-refractivity contribution in [1.82, 2.24) is 20.1 Å². The first-order chi connectivity index (χ1) is 8.59. The molecule has 1 aromatic heterocycles. The Bertz CT molecular complexity index is 442. The number of nitrogens with zero attached hydrogens (tertiary/aromatic N) is 4. The Labute approximate surface area is 107 Å². The standard InChI is InChI=1S/C12H19N5O/c1-4-12(5-2,8-13)11(18)14-7-6-10-16-15-9-17(10)3/h9H,4-7H2,1-3H3,(H,14,18). The maximum atomic E-state index is 12.0. The third kappa shape index (κ3) is 2.86. The highest BCUT2D eigenvalue weighted by molar-refractivity contribution is 5.85. The van der Waals surface area contributed by atoms with E-state index in [2.05, 4.69) is 21.6 Å². The first-order valence-corrected chi connectivity index (χ1v) is 6.12. The molecule has 1 amide bonds. The molecule has 98 valence electrons. The summed E-state index contributed by atoms with van der Waals surface area (Å²) in [7, 11) is 1.86. The molecule has 0 radical (unpaired) electrons. The van der Waals surface area contributed by atoms with Crippen LogP contribution in [0.3, 0.4) is 0 Å². The van der Waals surface area contributed by atoms with Crippen molar-refractivity contribution in [3.63, 3.8) is 0 Å². The van der Waals surface area contributed by atoms with Crippen molar-refractivity contribution in [3.05, 3.63) is 12.2 Å². The van der Waals surface area contributed by atoms with Crippen LogP contribution in [0, 0.1) is 16.7 Å². The Hall–Kier alpha value is -1.90. The van der Waals surface area contributed by atoms with Gasteiger partial charge in [0.25, 0.3) is 0 Å². The molecule has 1 aromatic rings.